The van der Waals surface area contributed by atoms with Gasteiger partial charge in [-0.25, -0.2) is 19.5 Å². The highest BCUT2D eigenvalue weighted by Crippen LogP contribution is 2.33. The average molecular weight is 363 g/mol. The lowest BCUT2D eigenvalue weighted by Gasteiger charge is -2.41. The number of rotatable bonds is 3. The molecule has 1 saturated carbocycles. The van der Waals surface area contributed by atoms with Crippen LogP contribution in [0.25, 0.3) is 27.9 Å². The van der Waals surface area contributed by atoms with E-state index in [1.165, 1.54) is 0 Å². The van der Waals surface area contributed by atoms with Crippen molar-refractivity contribution in [1.82, 2.24) is 29.1 Å². The zero-order chi connectivity index (χ0) is 18.8. The second-order valence-electron chi connectivity index (χ2n) is 7.64. The van der Waals surface area contributed by atoms with Crippen LogP contribution in [-0.4, -0.2) is 45.9 Å². The summed E-state index contributed by atoms with van der Waals surface area (Å²) in [5.41, 5.74) is 3.92. The number of nitrogens with zero attached hydrogens (tertiary/aromatic N) is 6. The summed E-state index contributed by atoms with van der Waals surface area (Å²) < 4.78 is 3.80. The quantitative estimate of drug-likeness (QED) is 0.580. The van der Waals surface area contributed by atoms with E-state index in [0.29, 0.717) is 18.8 Å². The number of imidazole rings is 1. The summed E-state index contributed by atoms with van der Waals surface area (Å²) in [7, 11) is 1.97. The summed E-state index contributed by atoms with van der Waals surface area (Å²) in [4.78, 5) is 13.7. The van der Waals surface area contributed by atoms with Crippen LogP contribution in [0.1, 0.15) is 25.6 Å². The van der Waals surface area contributed by atoms with Gasteiger partial charge < -0.3 is 15.0 Å². The summed E-state index contributed by atoms with van der Waals surface area (Å²) in [6.07, 6.45) is 5.13. The van der Waals surface area contributed by atoms with Crippen LogP contribution in [0.5, 0.6) is 0 Å². The van der Waals surface area contributed by atoms with Gasteiger partial charge in [-0.3, -0.25) is 0 Å². The molecule has 0 bridgehead atoms. The number of nitrogens with one attached hydrogen (secondary N) is 1. The summed E-state index contributed by atoms with van der Waals surface area (Å²) in [5, 5.41) is 17.7. The molecule has 0 atom stereocenters. The van der Waals surface area contributed by atoms with Crippen molar-refractivity contribution in [2.45, 2.75) is 38.3 Å². The highest BCUT2D eigenvalue weighted by Gasteiger charge is 2.38. The predicted octanol–water partition coefficient (Wildman–Crippen LogP) is 2.31. The third-order valence-corrected chi connectivity index (χ3v) is 5.34. The van der Waals surface area contributed by atoms with Crippen LogP contribution in [0.4, 0.5) is 5.95 Å². The van der Waals surface area contributed by atoms with Crippen molar-refractivity contribution < 1.29 is 5.11 Å². The third kappa shape index (κ3) is 2.64. The van der Waals surface area contributed by atoms with Crippen LogP contribution in [-0.2, 0) is 7.05 Å². The fourth-order valence-corrected chi connectivity index (χ4v) is 3.80. The molecule has 2 N–H and O–H groups in total. The zero-order valence-electron chi connectivity index (χ0n) is 15.5. The van der Waals surface area contributed by atoms with Crippen molar-refractivity contribution in [1.29, 1.82) is 0 Å². The summed E-state index contributed by atoms with van der Waals surface area (Å²) in [6.45, 7) is 3.82. The molecule has 0 aromatic carbocycles. The molecule has 8 nitrogen and oxygen atoms in total. The molecule has 0 saturated heterocycles. The SMILES string of the molecule is Cc1nc2ccc(-c3ccn4nc(N[C@H]5C[C@@](C)(O)C5)ncc34)nc2n1C. The van der Waals surface area contributed by atoms with E-state index < -0.39 is 5.60 Å². The van der Waals surface area contributed by atoms with Crippen molar-refractivity contribution in [2.75, 3.05) is 5.32 Å². The molecule has 5 rings (SSSR count). The first-order valence-electron chi connectivity index (χ1n) is 9.03. The summed E-state index contributed by atoms with van der Waals surface area (Å²) in [5.74, 6) is 1.50. The Morgan fingerprint density at radius 3 is 2.81 bits per heavy atom. The third-order valence-electron chi connectivity index (χ3n) is 5.34. The van der Waals surface area contributed by atoms with Crippen LogP contribution in [0.3, 0.4) is 0 Å². The maximum Gasteiger partial charge on any atom is 0.241 e. The Morgan fingerprint density at radius 2 is 2.04 bits per heavy atom. The van der Waals surface area contributed by atoms with Crippen molar-refractivity contribution in [3.63, 3.8) is 0 Å². The highest BCUT2D eigenvalue weighted by atomic mass is 16.3. The molecule has 27 heavy (non-hydrogen) atoms. The second-order valence-corrected chi connectivity index (χ2v) is 7.64. The maximum absolute atomic E-state index is 9.86. The van der Waals surface area contributed by atoms with Crippen LogP contribution >= 0.6 is 0 Å². The van der Waals surface area contributed by atoms with Gasteiger partial charge >= 0.3 is 0 Å². The Kier molecular flexibility index (Phi) is 3.30. The maximum atomic E-state index is 9.86. The Labute approximate surface area is 155 Å². The number of hydrogen-bond acceptors (Lipinski definition) is 6. The first kappa shape index (κ1) is 16.2. The molecule has 0 radical (unpaired) electrons. The minimum atomic E-state index is -0.573. The fraction of sp³-hybridized carbons (Fsp3) is 0.368. The standard InChI is InChI=1S/C19H21N7O/c1-11-21-15-5-4-14(23-17(15)25(11)3)13-6-7-26-16(13)10-20-18(24-26)22-12-8-19(2,27)9-12/h4-7,10,12,27H,8-9H2,1-3H3,(H,22,24)/t12-,19+. The summed E-state index contributed by atoms with van der Waals surface area (Å²) >= 11 is 0. The van der Waals surface area contributed by atoms with Gasteiger partial charge in [-0.2, -0.15) is 0 Å². The molecule has 8 heteroatoms. The van der Waals surface area contributed by atoms with Crippen LogP contribution in [0.2, 0.25) is 0 Å². The van der Waals surface area contributed by atoms with E-state index >= 15 is 0 Å². The fourth-order valence-electron chi connectivity index (χ4n) is 3.80. The molecule has 1 aliphatic carbocycles. The number of fused-ring (bicyclic) bond motifs is 2. The highest BCUT2D eigenvalue weighted by molar-refractivity contribution is 5.82. The Hall–Kier alpha value is -3.00. The van der Waals surface area contributed by atoms with Gasteiger partial charge in [0.15, 0.2) is 5.65 Å². The van der Waals surface area contributed by atoms with Crippen LogP contribution in [0, 0.1) is 6.92 Å². The van der Waals surface area contributed by atoms with E-state index in [1.807, 2.05) is 60.6 Å². The molecule has 4 aromatic heterocycles. The lowest BCUT2D eigenvalue weighted by atomic mass is 9.77. The number of pyridine rings is 1. The van der Waals surface area contributed by atoms with E-state index in [4.69, 9.17) is 4.98 Å². The van der Waals surface area contributed by atoms with Crippen molar-refractivity contribution in [3.05, 3.63) is 36.4 Å². The van der Waals surface area contributed by atoms with Gasteiger partial charge in [0.25, 0.3) is 0 Å². The molecule has 4 aromatic rings. The first-order valence-corrected chi connectivity index (χ1v) is 9.03. The van der Waals surface area contributed by atoms with E-state index in [1.54, 1.807) is 0 Å². The molecule has 0 amide bonds. The number of aryl methyl sites for hydroxylation is 2. The number of aliphatic hydroxyl groups is 1. The van der Waals surface area contributed by atoms with Gasteiger partial charge in [-0.05, 0) is 44.9 Å². The molecular weight excluding hydrogens is 342 g/mol. The zero-order valence-corrected chi connectivity index (χ0v) is 15.5. The Morgan fingerprint density at radius 1 is 1.22 bits per heavy atom. The largest absolute Gasteiger partial charge is 0.390 e. The van der Waals surface area contributed by atoms with Gasteiger partial charge in [0.2, 0.25) is 5.95 Å². The van der Waals surface area contributed by atoms with Crippen molar-refractivity contribution in [3.8, 4) is 11.3 Å². The number of aromatic nitrogens is 6. The number of anilines is 1. The molecular formula is C19H21N7O. The minimum absolute atomic E-state index is 0.213. The van der Waals surface area contributed by atoms with E-state index in [9.17, 15) is 5.11 Å². The first-order chi connectivity index (χ1) is 12.9. The minimum Gasteiger partial charge on any atom is -0.390 e. The second kappa shape index (κ2) is 5.50. The molecule has 1 fully saturated rings. The molecule has 0 spiro atoms. The van der Waals surface area contributed by atoms with Crippen LogP contribution in [0.15, 0.2) is 30.6 Å². The van der Waals surface area contributed by atoms with Crippen LogP contribution < -0.4 is 5.32 Å². The van der Waals surface area contributed by atoms with Crippen molar-refractivity contribution >= 4 is 22.6 Å². The monoisotopic (exact) mass is 363 g/mol. The summed E-state index contributed by atoms with van der Waals surface area (Å²) in [6, 6.07) is 6.18. The Bertz CT molecular complexity index is 1170. The predicted molar refractivity (Wildman–Crippen MR) is 102 cm³/mol. The van der Waals surface area contributed by atoms with Gasteiger partial charge in [0, 0.05) is 24.8 Å². The smallest absolute Gasteiger partial charge is 0.241 e. The van der Waals surface area contributed by atoms with E-state index in [0.717, 1.165) is 33.8 Å². The van der Waals surface area contributed by atoms with Crippen molar-refractivity contribution in [2.24, 2.45) is 7.05 Å². The lowest BCUT2D eigenvalue weighted by Crippen LogP contribution is -2.48. The lowest BCUT2D eigenvalue weighted by molar-refractivity contribution is -0.0236. The molecule has 4 heterocycles. The van der Waals surface area contributed by atoms with E-state index in [-0.39, 0.29) is 6.04 Å². The van der Waals surface area contributed by atoms with Gasteiger partial charge in [-0.15, -0.1) is 5.10 Å². The average Bonchev–Trinajstić information content (AvgIpc) is 3.14. The molecule has 1 aliphatic rings. The molecule has 0 aliphatic heterocycles. The van der Waals surface area contributed by atoms with Gasteiger partial charge in [-0.1, -0.05) is 0 Å². The normalized spacial score (nSPS) is 22.3. The topological polar surface area (TPSA) is 93.2 Å². The van der Waals surface area contributed by atoms with Gasteiger partial charge in [0.1, 0.15) is 11.3 Å². The molecule has 138 valence electrons. The number of hydrogen-bond donors (Lipinski definition) is 2. The van der Waals surface area contributed by atoms with E-state index in [2.05, 4.69) is 20.4 Å². The Balaban J connectivity index is 1.48. The van der Waals surface area contributed by atoms with Gasteiger partial charge in [0.05, 0.1) is 23.0 Å². The molecule has 0 unspecified atom stereocenters.